The summed E-state index contributed by atoms with van der Waals surface area (Å²) in [5.74, 6) is 0.598. The normalized spacial score (nSPS) is 10.8. The van der Waals surface area contributed by atoms with E-state index in [1.165, 1.54) is 7.11 Å². The molecule has 0 atom stereocenters. The fourth-order valence-corrected chi connectivity index (χ4v) is 2.88. The molecule has 0 aliphatic carbocycles. The van der Waals surface area contributed by atoms with Crippen LogP contribution in [0.15, 0.2) is 71.3 Å². The Hall–Kier alpha value is -3.63. The molecule has 3 rings (SSSR count). The molecule has 1 N–H and O–H groups in total. The number of hydrogen-bond donors (Lipinski definition) is 1. The molecule has 3 aromatic rings. The molecule has 1 amide bonds. The summed E-state index contributed by atoms with van der Waals surface area (Å²) >= 11 is 3.35. The van der Waals surface area contributed by atoms with Gasteiger partial charge < -0.3 is 14.8 Å². The summed E-state index contributed by atoms with van der Waals surface area (Å²) in [5, 5.41) is 12.2. The number of rotatable bonds is 7. The molecule has 6 nitrogen and oxygen atoms in total. The Labute approximate surface area is 182 Å². The molecule has 0 radical (unpaired) electrons. The zero-order valence-electron chi connectivity index (χ0n) is 16.1. The van der Waals surface area contributed by atoms with Crippen LogP contribution < -0.4 is 14.8 Å². The maximum absolute atomic E-state index is 12.1. The average molecular weight is 464 g/mol. The topological polar surface area (TPSA) is 84.2 Å². The van der Waals surface area contributed by atoms with Crippen molar-refractivity contribution >= 4 is 39.2 Å². The second-order valence-corrected chi connectivity index (χ2v) is 7.05. The first kappa shape index (κ1) is 21.1. The molecule has 1 heterocycles. The summed E-state index contributed by atoms with van der Waals surface area (Å²) in [6, 6.07) is 20.0. The number of amides is 1. The number of benzene rings is 2. The molecular weight excluding hydrogens is 446 g/mol. The molecule has 2 aromatic carbocycles. The van der Waals surface area contributed by atoms with Gasteiger partial charge in [-0.25, -0.2) is 0 Å². The quantitative estimate of drug-likeness (QED) is 0.501. The van der Waals surface area contributed by atoms with E-state index in [0.717, 1.165) is 10.0 Å². The second kappa shape index (κ2) is 10.2. The van der Waals surface area contributed by atoms with E-state index in [9.17, 15) is 10.1 Å². The van der Waals surface area contributed by atoms with Gasteiger partial charge in [0.1, 0.15) is 6.07 Å². The molecule has 150 valence electrons. The van der Waals surface area contributed by atoms with Crippen molar-refractivity contribution in [3.63, 3.8) is 0 Å². The number of nitrogens with one attached hydrogen (secondary N) is 1. The van der Waals surface area contributed by atoms with Crippen LogP contribution in [0, 0.1) is 11.3 Å². The fourth-order valence-electron chi connectivity index (χ4n) is 2.62. The molecule has 0 bridgehead atoms. The van der Waals surface area contributed by atoms with Crippen molar-refractivity contribution < 1.29 is 14.3 Å². The van der Waals surface area contributed by atoms with Crippen molar-refractivity contribution in [1.29, 1.82) is 5.26 Å². The van der Waals surface area contributed by atoms with Gasteiger partial charge in [0.05, 0.1) is 18.4 Å². The summed E-state index contributed by atoms with van der Waals surface area (Å²) in [6.07, 6.45) is 3.35. The van der Waals surface area contributed by atoms with E-state index in [4.69, 9.17) is 9.47 Å². The first-order chi connectivity index (χ1) is 14.6. The number of allylic oxidation sites excluding steroid dienone is 1. The van der Waals surface area contributed by atoms with Crippen LogP contribution in [0.1, 0.15) is 11.3 Å². The monoisotopic (exact) mass is 463 g/mol. The third-order valence-corrected chi connectivity index (χ3v) is 4.58. The Kier molecular flexibility index (Phi) is 7.19. The Bertz CT molecular complexity index is 1090. The largest absolute Gasteiger partial charge is 0.493 e. The van der Waals surface area contributed by atoms with Gasteiger partial charge in [-0.2, -0.15) is 5.26 Å². The number of anilines is 1. The van der Waals surface area contributed by atoms with E-state index < -0.39 is 0 Å². The van der Waals surface area contributed by atoms with Crippen LogP contribution >= 0.6 is 15.9 Å². The summed E-state index contributed by atoms with van der Waals surface area (Å²) in [6.45, 7) is -0.168. The van der Waals surface area contributed by atoms with Gasteiger partial charge in [0.15, 0.2) is 18.1 Å². The van der Waals surface area contributed by atoms with Crippen LogP contribution in [0.5, 0.6) is 11.5 Å². The van der Waals surface area contributed by atoms with Gasteiger partial charge in [0.25, 0.3) is 5.91 Å². The number of pyridine rings is 1. The minimum absolute atomic E-state index is 0.168. The van der Waals surface area contributed by atoms with Gasteiger partial charge in [-0.05, 0) is 60.2 Å². The number of aromatic nitrogens is 1. The molecule has 1 aromatic heterocycles. The molecule has 0 aliphatic heterocycles. The number of hydrogen-bond acceptors (Lipinski definition) is 5. The Morgan fingerprint density at radius 2 is 1.97 bits per heavy atom. The third kappa shape index (κ3) is 5.69. The van der Waals surface area contributed by atoms with Gasteiger partial charge in [-0.3, -0.25) is 9.78 Å². The van der Waals surface area contributed by atoms with Crippen LogP contribution in [0.3, 0.4) is 0 Å². The lowest BCUT2D eigenvalue weighted by Crippen LogP contribution is -2.20. The minimum Gasteiger partial charge on any atom is -0.493 e. The Balaban J connectivity index is 1.69. The van der Waals surface area contributed by atoms with Crippen molar-refractivity contribution in [2.45, 2.75) is 0 Å². The Morgan fingerprint density at radius 1 is 1.17 bits per heavy atom. The third-order valence-electron chi connectivity index (χ3n) is 4.05. The summed E-state index contributed by atoms with van der Waals surface area (Å²) in [4.78, 5) is 16.3. The molecule has 30 heavy (non-hydrogen) atoms. The highest BCUT2D eigenvalue weighted by Crippen LogP contribution is 2.29. The predicted molar refractivity (Wildman–Crippen MR) is 119 cm³/mol. The highest BCUT2D eigenvalue weighted by molar-refractivity contribution is 9.10. The molecule has 7 heteroatoms. The van der Waals surface area contributed by atoms with Gasteiger partial charge in [0.2, 0.25) is 0 Å². The minimum atomic E-state index is -0.287. The lowest BCUT2D eigenvalue weighted by molar-refractivity contribution is -0.118. The second-order valence-electron chi connectivity index (χ2n) is 6.14. The molecule has 0 unspecified atom stereocenters. The van der Waals surface area contributed by atoms with Crippen LogP contribution in [-0.4, -0.2) is 24.6 Å². The highest BCUT2D eigenvalue weighted by Gasteiger charge is 2.10. The Morgan fingerprint density at radius 3 is 2.63 bits per heavy atom. The van der Waals surface area contributed by atoms with E-state index in [-0.39, 0.29) is 12.5 Å². The summed E-state index contributed by atoms with van der Waals surface area (Å²) < 4.78 is 11.9. The number of carbonyl (C=O) groups excluding carboxylic acids is 1. The number of halogens is 1. The molecule has 0 saturated heterocycles. The SMILES string of the molecule is COc1cc(/C=C(\C#N)c2ccccn2)ccc1OCC(=O)Nc1ccc(Br)cc1. The average Bonchev–Trinajstić information content (AvgIpc) is 2.78. The number of ether oxygens (including phenoxy) is 2. The van der Waals surface area contributed by atoms with Crippen molar-refractivity contribution in [2.24, 2.45) is 0 Å². The number of nitrogens with zero attached hydrogens (tertiary/aromatic N) is 2. The van der Waals surface area contributed by atoms with Gasteiger partial charge in [-0.15, -0.1) is 0 Å². The van der Waals surface area contributed by atoms with Crippen LogP contribution in [0.4, 0.5) is 5.69 Å². The molecule has 0 aliphatic rings. The van der Waals surface area contributed by atoms with E-state index in [0.29, 0.717) is 28.5 Å². The van der Waals surface area contributed by atoms with Crippen molar-refractivity contribution in [3.8, 4) is 17.6 Å². The van der Waals surface area contributed by atoms with Crippen LogP contribution in [-0.2, 0) is 4.79 Å². The van der Waals surface area contributed by atoms with Gasteiger partial charge >= 0.3 is 0 Å². The number of carbonyl (C=O) groups is 1. The summed E-state index contributed by atoms with van der Waals surface area (Å²) in [7, 11) is 1.52. The standard InChI is InChI=1S/C23H18BrN3O3/c1-29-22-13-16(12-17(14-25)20-4-2-3-11-26-20)5-10-21(22)30-15-23(28)27-19-8-6-18(24)7-9-19/h2-13H,15H2,1H3,(H,27,28)/b17-12+. The predicted octanol–water partition coefficient (Wildman–Crippen LogP) is 4.93. The first-order valence-electron chi connectivity index (χ1n) is 8.98. The first-order valence-corrected chi connectivity index (χ1v) is 9.78. The van der Waals surface area contributed by atoms with E-state index in [1.807, 2.05) is 18.2 Å². The summed E-state index contributed by atoms with van der Waals surface area (Å²) in [5.41, 5.74) is 2.45. The maximum atomic E-state index is 12.1. The van der Waals surface area contributed by atoms with Crippen LogP contribution in [0.2, 0.25) is 0 Å². The molecule has 0 saturated carbocycles. The fraction of sp³-hybridized carbons (Fsp3) is 0.0870. The van der Waals surface area contributed by atoms with Gasteiger partial charge in [-0.1, -0.05) is 28.1 Å². The molecular formula is C23H18BrN3O3. The zero-order valence-corrected chi connectivity index (χ0v) is 17.7. The number of nitriles is 1. The van der Waals surface area contributed by atoms with Crippen LogP contribution in [0.25, 0.3) is 11.6 Å². The van der Waals surface area contributed by atoms with E-state index in [2.05, 4.69) is 32.3 Å². The van der Waals surface area contributed by atoms with Crippen molar-refractivity contribution in [2.75, 3.05) is 19.0 Å². The molecule has 0 spiro atoms. The lowest BCUT2D eigenvalue weighted by atomic mass is 10.1. The van der Waals surface area contributed by atoms with Crippen molar-refractivity contribution in [1.82, 2.24) is 4.98 Å². The lowest BCUT2D eigenvalue weighted by Gasteiger charge is -2.12. The van der Waals surface area contributed by atoms with E-state index >= 15 is 0 Å². The smallest absolute Gasteiger partial charge is 0.262 e. The number of methoxy groups -OCH3 is 1. The van der Waals surface area contributed by atoms with E-state index in [1.54, 1.807) is 54.7 Å². The van der Waals surface area contributed by atoms with Crippen molar-refractivity contribution in [3.05, 3.63) is 82.6 Å². The molecule has 0 fully saturated rings. The van der Waals surface area contributed by atoms with Gasteiger partial charge in [0, 0.05) is 16.4 Å². The zero-order chi connectivity index (χ0) is 21.3. The highest BCUT2D eigenvalue weighted by atomic mass is 79.9. The maximum Gasteiger partial charge on any atom is 0.262 e.